The van der Waals surface area contributed by atoms with Crippen molar-refractivity contribution in [2.24, 2.45) is 0 Å². The highest BCUT2D eigenvalue weighted by Crippen LogP contribution is 2.58. The van der Waals surface area contributed by atoms with Crippen molar-refractivity contribution in [2.45, 2.75) is 36.7 Å². The molecule has 1 saturated heterocycles. The Morgan fingerprint density at radius 1 is 1.00 bits per heavy atom. The van der Waals surface area contributed by atoms with Crippen molar-refractivity contribution in [2.75, 3.05) is 19.7 Å². The van der Waals surface area contributed by atoms with Crippen LogP contribution in [0, 0.1) is 0 Å². The predicted molar refractivity (Wildman–Crippen MR) is 92.0 cm³/mol. The van der Waals surface area contributed by atoms with Crippen LogP contribution >= 0.6 is 0 Å². The summed E-state index contributed by atoms with van der Waals surface area (Å²) < 4.78 is 6.09. The first kappa shape index (κ1) is 13.8. The van der Waals surface area contributed by atoms with E-state index in [-0.39, 0.29) is 5.41 Å². The minimum absolute atomic E-state index is 0.144. The molecule has 0 aromatic heterocycles. The van der Waals surface area contributed by atoms with Gasteiger partial charge in [-0.2, -0.15) is 0 Å². The third-order valence-electron chi connectivity index (χ3n) is 6.14. The van der Waals surface area contributed by atoms with Gasteiger partial charge >= 0.3 is 0 Å². The van der Waals surface area contributed by atoms with Crippen LogP contribution in [0.15, 0.2) is 48.5 Å². The summed E-state index contributed by atoms with van der Waals surface area (Å²) in [7, 11) is 0. The molecule has 2 aromatic carbocycles. The number of ether oxygens (including phenoxy) is 1. The summed E-state index contributed by atoms with van der Waals surface area (Å²) in [5.74, 6) is 0.592. The highest BCUT2D eigenvalue weighted by Gasteiger charge is 2.48. The number of morpholine rings is 1. The first-order valence-corrected chi connectivity index (χ1v) is 8.90. The van der Waals surface area contributed by atoms with Crippen molar-refractivity contribution in [3.05, 3.63) is 70.8 Å². The monoisotopic (exact) mass is 305 g/mol. The van der Waals surface area contributed by atoms with Gasteiger partial charge in [-0.05, 0) is 41.5 Å². The molecule has 2 aromatic rings. The Balaban J connectivity index is 1.67. The number of hydrogen-bond donors (Lipinski definition) is 1. The van der Waals surface area contributed by atoms with E-state index in [4.69, 9.17) is 4.74 Å². The normalized spacial score (nSPS) is 31.5. The molecule has 3 aliphatic carbocycles. The average Bonchev–Trinajstić information content (AvgIpc) is 2.63. The van der Waals surface area contributed by atoms with Crippen LogP contribution in [0.5, 0.6) is 0 Å². The quantitative estimate of drug-likeness (QED) is 0.915. The van der Waals surface area contributed by atoms with Crippen LogP contribution in [0.25, 0.3) is 0 Å². The van der Waals surface area contributed by atoms with Crippen molar-refractivity contribution in [3.8, 4) is 0 Å². The van der Waals surface area contributed by atoms with Gasteiger partial charge in [0, 0.05) is 24.4 Å². The second-order valence-corrected chi connectivity index (χ2v) is 7.25. The van der Waals surface area contributed by atoms with E-state index in [1.165, 1.54) is 12.8 Å². The van der Waals surface area contributed by atoms with Gasteiger partial charge in [0.2, 0.25) is 0 Å². The van der Waals surface area contributed by atoms with Crippen LogP contribution in [-0.4, -0.2) is 25.8 Å². The molecule has 1 unspecified atom stereocenters. The van der Waals surface area contributed by atoms with E-state index in [1.54, 1.807) is 22.3 Å². The summed E-state index contributed by atoms with van der Waals surface area (Å²) in [4.78, 5) is 0. The molecule has 1 atom stereocenters. The Morgan fingerprint density at radius 2 is 1.70 bits per heavy atom. The number of fused-ring (bicyclic) bond motifs is 1. The average molecular weight is 305 g/mol. The van der Waals surface area contributed by atoms with Gasteiger partial charge in [-0.1, -0.05) is 48.5 Å². The van der Waals surface area contributed by atoms with Crippen LogP contribution in [0.1, 0.15) is 47.4 Å². The maximum Gasteiger partial charge on any atom is 0.0711 e. The summed E-state index contributed by atoms with van der Waals surface area (Å²) >= 11 is 0. The predicted octanol–water partition coefficient (Wildman–Crippen LogP) is 3.59. The molecule has 2 nitrogen and oxygen atoms in total. The molecule has 1 N–H and O–H groups in total. The van der Waals surface area contributed by atoms with Gasteiger partial charge < -0.3 is 10.1 Å². The lowest BCUT2D eigenvalue weighted by molar-refractivity contribution is 0.00946. The lowest BCUT2D eigenvalue weighted by atomic mass is 9.53. The summed E-state index contributed by atoms with van der Waals surface area (Å²) in [6.45, 7) is 2.81. The molecule has 23 heavy (non-hydrogen) atoms. The summed E-state index contributed by atoms with van der Waals surface area (Å²) in [6, 6.07) is 18.3. The lowest BCUT2D eigenvalue weighted by Gasteiger charge is -2.51. The second kappa shape index (κ2) is 5.19. The molecule has 1 heterocycles. The van der Waals surface area contributed by atoms with E-state index in [2.05, 4.69) is 53.8 Å². The molecule has 2 heteroatoms. The third-order valence-corrected chi connectivity index (χ3v) is 6.14. The van der Waals surface area contributed by atoms with Crippen LogP contribution in [0.4, 0.5) is 0 Å². The molecule has 4 aliphatic rings. The minimum Gasteiger partial charge on any atom is -0.376 e. The molecule has 2 bridgehead atoms. The first-order chi connectivity index (χ1) is 11.4. The Hall–Kier alpha value is -1.64. The summed E-state index contributed by atoms with van der Waals surface area (Å²) in [6.07, 6.45) is 3.94. The van der Waals surface area contributed by atoms with Gasteiger partial charge in [-0.3, -0.25) is 0 Å². The number of benzene rings is 2. The van der Waals surface area contributed by atoms with Gasteiger partial charge in [-0.15, -0.1) is 0 Å². The zero-order valence-corrected chi connectivity index (χ0v) is 13.4. The number of nitrogens with one attached hydrogen (secondary N) is 1. The fourth-order valence-electron chi connectivity index (χ4n) is 5.22. The fraction of sp³-hybridized carbons (Fsp3) is 0.429. The van der Waals surface area contributed by atoms with Crippen molar-refractivity contribution >= 4 is 0 Å². The topological polar surface area (TPSA) is 21.3 Å². The minimum atomic E-state index is 0.144. The molecule has 6 rings (SSSR count). The zero-order chi connectivity index (χ0) is 15.3. The largest absolute Gasteiger partial charge is 0.376 e. The third kappa shape index (κ3) is 1.95. The summed E-state index contributed by atoms with van der Waals surface area (Å²) in [5, 5.41) is 3.50. The Bertz CT molecular complexity index is 685. The van der Waals surface area contributed by atoms with Gasteiger partial charge in [0.15, 0.2) is 0 Å². The highest BCUT2D eigenvalue weighted by molar-refractivity contribution is 5.59. The molecule has 0 saturated carbocycles. The maximum absolute atomic E-state index is 6.09. The van der Waals surface area contributed by atoms with Crippen molar-refractivity contribution in [1.82, 2.24) is 5.32 Å². The second-order valence-electron chi connectivity index (χ2n) is 7.25. The van der Waals surface area contributed by atoms with Gasteiger partial charge in [0.05, 0.1) is 12.7 Å². The highest BCUT2D eigenvalue weighted by atomic mass is 16.5. The van der Waals surface area contributed by atoms with Crippen molar-refractivity contribution in [3.63, 3.8) is 0 Å². The smallest absolute Gasteiger partial charge is 0.0711 e. The van der Waals surface area contributed by atoms with Gasteiger partial charge in [-0.25, -0.2) is 0 Å². The molecular weight excluding hydrogens is 282 g/mol. The number of rotatable bonds is 2. The molecule has 1 fully saturated rings. The standard InChI is InChI=1S/C21H23NO/c1-3-7-19-17(5-1)16-9-10-21(19,13-15-14-22-11-12-23-15)20-8-4-2-6-18(16)20/h1-8,15-16,22H,9-14H2. The Labute approximate surface area is 137 Å². The summed E-state index contributed by atoms with van der Waals surface area (Å²) in [5.41, 5.74) is 6.38. The first-order valence-electron chi connectivity index (χ1n) is 8.90. The molecule has 0 amide bonds. The molecular formula is C21H23NO. The lowest BCUT2D eigenvalue weighted by Crippen LogP contribution is -2.47. The molecule has 118 valence electrons. The van der Waals surface area contributed by atoms with Crippen molar-refractivity contribution in [1.29, 1.82) is 0 Å². The SMILES string of the molecule is c1ccc2c(c1)C1CCC2(CC2CNCCO2)c2ccccc21. The van der Waals surface area contributed by atoms with E-state index < -0.39 is 0 Å². The van der Waals surface area contributed by atoms with E-state index in [1.807, 2.05) is 0 Å². The zero-order valence-electron chi connectivity index (χ0n) is 13.4. The van der Waals surface area contributed by atoms with E-state index >= 15 is 0 Å². The van der Waals surface area contributed by atoms with E-state index in [0.717, 1.165) is 26.1 Å². The fourth-order valence-corrected chi connectivity index (χ4v) is 5.22. The molecule has 0 spiro atoms. The molecule has 1 aliphatic heterocycles. The van der Waals surface area contributed by atoms with Crippen LogP contribution in [0.3, 0.4) is 0 Å². The number of hydrogen-bond acceptors (Lipinski definition) is 2. The Kier molecular flexibility index (Phi) is 3.10. The molecule has 0 radical (unpaired) electrons. The Morgan fingerprint density at radius 3 is 2.35 bits per heavy atom. The van der Waals surface area contributed by atoms with E-state index in [0.29, 0.717) is 12.0 Å². The van der Waals surface area contributed by atoms with Crippen molar-refractivity contribution < 1.29 is 4.74 Å². The van der Waals surface area contributed by atoms with Crippen LogP contribution < -0.4 is 5.32 Å². The maximum atomic E-state index is 6.09. The van der Waals surface area contributed by atoms with Crippen LogP contribution in [0.2, 0.25) is 0 Å². The van der Waals surface area contributed by atoms with Gasteiger partial charge in [0.25, 0.3) is 0 Å². The van der Waals surface area contributed by atoms with E-state index in [9.17, 15) is 0 Å². The van der Waals surface area contributed by atoms with Crippen LogP contribution in [-0.2, 0) is 10.2 Å². The van der Waals surface area contributed by atoms with Gasteiger partial charge in [0.1, 0.15) is 0 Å².